The number of rotatable bonds is 2. The summed E-state index contributed by atoms with van der Waals surface area (Å²) in [6.07, 6.45) is 3.21. The van der Waals surface area contributed by atoms with E-state index in [1.54, 1.807) is 24.5 Å². The van der Waals surface area contributed by atoms with Crippen LogP contribution in [0.5, 0.6) is 0 Å². The molecule has 0 unspecified atom stereocenters. The minimum Gasteiger partial charge on any atom is -0.323 e. The lowest BCUT2D eigenvalue weighted by Gasteiger charge is -2.28. The number of carbonyl (C=O) groups excluding carboxylic acids is 1. The minimum atomic E-state index is -0.290. The maximum absolute atomic E-state index is 12.7. The lowest BCUT2D eigenvalue weighted by molar-refractivity contribution is 0.255. The van der Waals surface area contributed by atoms with Crippen molar-refractivity contribution >= 4 is 51.9 Å². The molecule has 0 saturated heterocycles. The van der Waals surface area contributed by atoms with Gasteiger partial charge in [-0.15, -0.1) is 0 Å². The number of imidazole rings is 1. The molecule has 0 saturated carbocycles. The van der Waals surface area contributed by atoms with Gasteiger partial charge in [-0.25, -0.2) is 14.8 Å². The Morgan fingerprint density at radius 1 is 1.11 bits per heavy atom. The maximum atomic E-state index is 12.7. The van der Waals surface area contributed by atoms with Crippen molar-refractivity contribution in [3.8, 4) is 11.3 Å². The van der Waals surface area contributed by atoms with Gasteiger partial charge in [-0.3, -0.25) is 9.88 Å². The Labute approximate surface area is 169 Å². The van der Waals surface area contributed by atoms with E-state index in [0.717, 1.165) is 11.1 Å². The van der Waals surface area contributed by atoms with Crippen molar-refractivity contribution in [1.29, 1.82) is 0 Å². The van der Waals surface area contributed by atoms with Crippen molar-refractivity contribution in [3.05, 3.63) is 64.5 Å². The Morgan fingerprint density at radius 2 is 1.96 bits per heavy atom. The molecule has 2 N–H and O–H groups in total. The molecular weight excluding hydrogens is 399 g/mol. The van der Waals surface area contributed by atoms with E-state index in [4.69, 9.17) is 23.2 Å². The Kier molecular flexibility index (Phi) is 3.92. The molecule has 9 heteroatoms. The standard InChI is InChI=1S/C19H12Cl2N6O/c20-12-4-2-1-3-10(12)17-11-9-27(19(28)26-13(11)5-6-22-17)18-24-14-7-16(21)23-8-15(14)25-18/h1-8H,9H2,(H,24,25)(H,26,28). The first-order valence-electron chi connectivity index (χ1n) is 8.43. The molecule has 0 aliphatic carbocycles. The van der Waals surface area contributed by atoms with Gasteiger partial charge in [0.1, 0.15) is 10.7 Å². The molecule has 138 valence electrons. The zero-order chi connectivity index (χ0) is 19.3. The number of aromatic nitrogens is 4. The predicted octanol–water partition coefficient (Wildman–Crippen LogP) is 4.88. The highest BCUT2D eigenvalue weighted by Gasteiger charge is 2.29. The molecule has 1 aliphatic rings. The number of fused-ring (bicyclic) bond motifs is 2. The monoisotopic (exact) mass is 410 g/mol. The number of benzene rings is 1. The zero-order valence-electron chi connectivity index (χ0n) is 14.3. The Bertz CT molecular complexity index is 1240. The van der Waals surface area contributed by atoms with Crippen LogP contribution >= 0.6 is 23.2 Å². The topological polar surface area (TPSA) is 86.8 Å². The number of amides is 2. The molecule has 5 rings (SSSR count). The van der Waals surface area contributed by atoms with Gasteiger partial charge >= 0.3 is 6.03 Å². The van der Waals surface area contributed by atoms with Gasteiger partial charge in [0.15, 0.2) is 0 Å². The number of aromatic amines is 1. The van der Waals surface area contributed by atoms with Crippen molar-refractivity contribution < 1.29 is 4.79 Å². The molecule has 0 atom stereocenters. The molecule has 4 heterocycles. The average molecular weight is 411 g/mol. The van der Waals surface area contributed by atoms with Gasteiger partial charge in [-0.05, 0) is 12.1 Å². The van der Waals surface area contributed by atoms with Crippen LogP contribution in [0.25, 0.3) is 22.3 Å². The zero-order valence-corrected chi connectivity index (χ0v) is 15.8. The largest absolute Gasteiger partial charge is 0.328 e. The van der Waals surface area contributed by atoms with E-state index in [1.807, 2.05) is 24.3 Å². The van der Waals surface area contributed by atoms with Crippen molar-refractivity contribution in [1.82, 2.24) is 19.9 Å². The smallest absolute Gasteiger partial charge is 0.323 e. The summed E-state index contributed by atoms with van der Waals surface area (Å²) in [6.45, 7) is 0.288. The van der Waals surface area contributed by atoms with Gasteiger partial charge in [0.25, 0.3) is 0 Å². The second-order valence-corrected chi connectivity index (χ2v) is 7.06. The average Bonchev–Trinajstić information content (AvgIpc) is 3.10. The number of hydrogen-bond donors (Lipinski definition) is 2. The van der Waals surface area contributed by atoms with Crippen molar-refractivity contribution in [3.63, 3.8) is 0 Å². The number of nitrogens with one attached hydrogen (secondary N) is 2. The molecule has 1 aliphatic heterocycles. The summed E-state index contributed by atoms with van der Waals surface area (Å²) in [5, 5.41) is 3.84. The fourth-order valence-corrected chi connectivity index (χ4v) is 3.62. The van der Waals surface area contributed by atoms with Gasteiger partial charge in [-0.2, -0.15) is 0 Å². The lowest BCUT2D eigenvalue weighted by atomic mass is 10.0. The molecular formula is C19H12Cl2N6O. The van der Waals surface area contributed by atoms with Gasteiger partial charge < -0.3 is 10.3 Å². The van der Waals surface area contributed by atoms with E-state index < -0.39 is 0 Å². The van der Waals surface area contributed by atoms with Crippen LogP contribution in [0.4, 0.5) is 16.4 Å². The second-order valence-electron chi connectivity index (χ2n) is 6.27. The van der Waals surface area contributed by atoms with Gasteiger partial charge in [0.05, 0.1) is 29.6 Å². The van der Waals surface area contributed by atoms with Crippen molar-refractivity contribution in [2.45, 2.75) is 6.54 Å². The molecule has 0 spiro atoms. The third kappa shape index (κ3) is 2.76. The second kappa shape index (κ2) is 6.47. The Balaban J connectivity index is 1.60. The summed E-state index contributed by atoms with van der Waals surface area (Å²) in [7, 11) is 0. The van der Waals surface area contributed by atoms with E-state index >= 15 is 0 Å². The van der Waals surface area contributed by atoms with Crippen LogP contribution in [0, 0.1) is 0 Å². The van der Waals surface area contributed by atoms with E-state index in [9.17, 15) is 4.79 Å². The summed E-state index contributed by atoms with van der Waals surface area (Å²) >= 11 is 12.3. The molecule has 3 aromatic heterocycles. The SMILES string of the molecule is O=C1Nc2ccnc(-c3ccccc3Cl)c2CN1c1nc2cnc(Cl)cc2[nH]1. The van der Waals surface area contributed by atoms with Crippen LogP contribution < -0.4 is 10.2 Å². The number of urea groups is 1. The van der Waals surface area contributed by atoms with E-state index in [2.05, 4.69) is 25.3 Å². The molecule has 0 bridgehead atoms. The number of anilines is 2. The highest BCUT2D eigenvalue weighted by atomic mass is 35.5. The maximum Gasteiger partial charge on any atom is 0.328 e. The van der Waals surface area contributed by atoms with Crippen molar-refractivity contribution in [2.24, 2.45) is 0 Å². The summed E-state index contributed by atoms with van der Waals surface area (Å²) < 4.78 is 0. The van der Waals surface area contributed by atoms with Crippen LogP contribution in [0.2, 0.25) is 10.2 Å². The van der Waals surface area contributed by atoms with E-state index in [-0.39, 0.29) is 12.6 Å². The molecule has 2 amide bonds. The van der Waals surface area contributed by atoms with Crippen LogP contribution in [0.1, 0.15) is 5.56 Å². The van der Waals surface area contributed by atoms with E-state index in [0.29, 0.717) is 38.5 Å². The normalized spacial score (nSPS) is 13.5. The molecule has 0 radical (unpaired) electrons. The number of halogens is 2. The fourth-order valence-electron chi connectivity index (χ4n) is 3.24. The number of carbonyl (C=O) groups is 1. The summed E-state index contributed by atoms with van der Waals surface area (Å²) in [5.74, 6) is 0.399. The number of H-pyrrole nitrogens is 1. The quantitative estimate of drug-likeness (QED) is 0.461. The highest BCUT2D eigenvalue weighted by Crippen LogP contribution is 2.36. The molecule has 4 aromatic rings. The third-order valence-corrected chi connectivity index (χ3v) is 5.10. The lowest BCUT2D eigenvalue weighted by Crippen LogP contribution is -2.39. The summed E-state index contributed by atoms with van der Waals surface area (Å²) in [4.78, 5) is 30.3. The van der Waals surface area contributed by atoms with Gasteiger partial charge in [0.2, 0.25) is 5.95 Å². The Morgan fingerprint density at radius 3 is 2.82 bits per heavy atom. The third-order valence-electron chi connectivity index (χ3n) is 4.57. The van der Waals surface area contributed by atoms with Crippen LogP contribution in [-0.2, 0) is 6.54 Å². The van der Waals surface area contributed by atoms with Gasteiger partial charge in [-0.1, -0.05) is 41.4 Å². The minimum absolute atomic E-state index is 0.288. The van der Waals surface area contributed by atoms with E-state index in [1.165, 1.54) is 4.90 Å². The van der Waals surface area contributed by atoms with Crippen LogP contribution in [-0.4, -0.2) is 26.0 Å². The van der Waals surface area contributed by atoms with Crippen LogP contribution in [0.3, 0.4) is 0 Å². The first-order chi connectivity index (χ1) is 13.6. The fraction of sp³-hybridized carbons (Fsp3) is 0.0526. The summed E-state index contributed by atoms with van der Waals surface area (Å²) in [5.41, 5.74) is 4.40. The first kappa shape index (κ1) is 17.0. The first-order valence-corrected chi connectivity index (χ1v) is 9.18. The van der Waals surface area contributed by atoms with Gasteiger partial charge in [0, 0.05) is 28.4 Å². The molecule has 0 fully saturated rings. The van der Waals surface area contributed by atoms with Crippen molar-refractivity contribution in [2.75, 3.05) is 10.2 Å². The Hall–Kier alpha value is -3.16. The summed E-state index contributed by atoms with van der Waals surface area (Å²) in [6, 6.07) is 10.6. The number of nitrogens with zero attached hydrogens (tertiary/aromatic N) is 4. The number of hydrogen-bond acceptors (Lipinski definition) is 4. The number of pyridine rings is 2. The highest BCUT2D eigenvalue weighted by molar-refractivity contribution is 6.33. The predicted molar refractivity (Wildman–Crippen MR) is 109 cm³/mol. The molecule has 1 aromatic carbocycles. The molecule has 7 nitrogen and oxygen atoms in total. The molecule has 28 heavy (non-hydrogen) atoms. The van der Waals surface area contributed by atoms with Crippen LogP contribution in [0.15, 0.2) is 48.8 Å².